The summed E-state index contributed by atoms with van der Waals surface area (Å²) in [6, 6.07) is 8.32. The van der Waals surface area contributed by atoms with E-state index in [1.54, 1.807) is 12.6 Å². The van der Waals surface area contributed by atoms with Crippen molar-refractivity contribution < 1.29 is 9.53 Å². The number of piperidine rings is 1. The van der Waals surface area contributed by atoms with Crippen LogP contribution in [-0.2, 0) is 6.54 Å². The maximum Gasteiger partial charge on any atom is 0.273 e. The summed E-state index contributed by atoms with van der Waals surface area (Å²) in [5, 5.41) is 1.85. The van der Waals surface area contributed by atoms with Crippen molar-refractivity contribution in [2.45, 2.75) is 25.8 Å². The average molecular weight is 372 g/mol. The van der Waals surface area contributed by atoms with Gasteiger partial charge >= 0.3 is 0 Å². The quantitative estimate of drug-likeness (QED) is 0.827. The standard InChI is InChI=1S/C20H25N3O2S/c1-25-17-5-2-4-16(10-17)11-22-8-3-6-20(13-22)7-9-23(14-20)19(24)18-12-26-15-21-18/h2,4-5,10,12,15H,3,6-9,11,13-14H2,1H3/t20-/m1/s1. The molecular formula is C20H25N3O2S. The average Bonchev–Trinajstić information content (AvgIpc) is 3.32. The molecule has 0 bridgehead atoms. The number of carbonyl (C=O) groups excluding carboxylic acids is 1. The second-order valence-corrected chi connectivity index (χ2v) is 8.23. The van der Waals surface area contributed by atoms with Crippen LogP contribution in [0.5, 0.6) is 5.75 Å². The van der Waals surface area contributed by atoms with Crippen LogP contribution in [0.25, 0.3) is 0 Å². The van der Waals surface area contributed by atoms with Gasteiger partial charge in [-0.15, -0.1) is 11.3 Å². The predicted octanol–water partition coefficient (Wildman–Crippen LogP) is 3.28. The van der Waals surface area contributed by atoms with Crippen LogP contribution in [0.1, 0.15) is 35.3 Å². The van der Waals surface area contributed by atoms with Crippen molar-refractivity contribution in [3.63, 3.8) is 0 Å². The summed E-state index contributed by atoms with van der Waals surface area (Å²) in [6.07, 6.45) is 3.50. The number of ether oxygens (including phenoxy) is 1. The molecule has 1 amide bonds. The summed E-state index contributed by atoms with van der Waals surface area (Å²) < 4.78 is 5.35. The van der Waals surface area contributed by atoms with Gasteiger partial charge in [0.05, 0.1) is 12.6 Å². The molecule has 2 aliphatic rings. The molecule has 0 radical (unpaired) electrons. The predicted molar refractivity (Wildman–Crippen MR) is 103 cm³/mol. The fourth-order valence-corrected chi connectivity index (χ4v) is 4.92. The van der Waals surface area contributed by atoms with Gasteiger partial charge in [-0.25, -0.2) is 4.98 Å². The summed E-state index contributed by atoms with van der Waals surface area (Å²) in [5.41, 5.74) is 3.85. The first kappa shape index (κ1) is 17.5. The fraction of sp³-hybridized carbons (Fsp3) is 0.500. The molecule has 1 aromatic carbocycles. The second kappa shape index (κ2) is 7.37. The molecule has 1 aromatic heterocycles. The van der Waals surface area contributed by atoms with E-state index in [1.807, 2.05) is 16.3 Å². The Hall–Kier alpha value is -1.92. The van der Waals surface area contributed by atoms with Gasteiger partial charge < -0.3 is 9.64 Å². The maximum absolute atomic E-state index is 12.6. The van der Waals surface area contributed by atoms with Crippen LogP contribution in [-0.4, -0.2) is 54.0 Å². The second-order valence-electron chi connectivity index (χ2n) is 7.52. The molecule has 5 nitrogen and oxygen atoms in total. The molecule has 1 atom stereocenters. The molecule has 2 fully saturated rings. The van der Waals surface area contributed by atoms with Crippen LogP contribution < -0.4 is 4.74 Å². The van der Waals surface area contributed by atoms with Crippen molar-refractivity contribution in [3.05, 3.63) is 46.4 Å². The zero-order chi connectivity index (χ0) is 18.0. The fourth-order valence-electron chi connectivity index (χ4n) is 4.40. The van der Waals surface area contributed by atoms with Crippen LogP contribution in [0.2, 0.25) is 0 Å². The van der Waals surface area contributed by atoms with Crippen molar-refractivity contribution >= 4 is 17.2 Å². The van der Waals surface area contributed by atoms with Crippen LogP contribution in [0, 0.1) is 5.41 Å². The molecule has 0 N–H and O–H groups in total. The number of carbonyl (C=O) groups is 1. The van der Waals surface area contributed by atoms with Crippen LogP contribution in [0.3, 0.4) is 0 Å². The van der Waals surface area contributed by atoms with E-state index < -0.39 is 0 Å². The van der Waals surface area contributed by atoms with E-state index in [0.717, 1.165) is 44.9 Å². The first-order valence-electron chi connectivity index (χ1n) is 9.20. The third-order valence-corrected chi connectivity index (χ3v) is 6.24. The number of hydrogen-bond donors (Lipinski definition) is 0. The van der Waals surface area contributed by atoms with Gasteiger partial charge in [0.25, 0.3) is 5.91 Å². The number of methoxy groups -OCH3 is 1. The minimum absolute atomic E-state index is 0.0908. The summed E-state index contributed by atoms with van der Waals surface area (Å²) in [4.78, 5) is 21.3. The lowest BCUT2D eigenvalue weighted by Crippen LogP contribution is -2.45. The number of rotatable bonds is 4. The van der Waals surface area contributed by atoms with Crippen molar-refractivity contribution in [3.8, 4) is 5.75 Å². The van der Waals surface area contributed by atoms with Gasteiger partial charge in [0, 0.05) is 37.0 Å². The maximum atomic E-state index is 12.6. The molecule has 2 aromatic rings. The highest BCUT2D eigenvalue weighted by molar-refractivity contribution is 7.07. The normalized spacial score (nSPS) is 23.5. The molecule has 138 valence electrons. The van der Waals surface area contributed by atoms with Gasteiger partial charge in [-0.2, -0.15) is 0 Å². The molecule has 4 rings (SSSR count). The lowest BCUT2D eigenvalue weighted by atomic mass is 9.79. The largest absolute Gasteiger partial charge is 0.497 e. The summed E-state index contributed by atoms with van der Waals surface area (Å²) in [5.74, 6) is 1.00. The minimum Gasteiger partial charge on any atom is -0.497 e. The SMILES string of the molecule is COc1cccc(CN2CCC[C@@]3(CCN(C(=O)c4cscn4)C3)C2)c1. The van der Waals surface area contributed by atoms with E-state index in [0.29, 0.717) is 5.69 Å². The summed E-state index contributed by atoms with van der Waals surface area (Å²) >= 11 is 1.48. The number of thiazole rings is 1. The van der Waals surface area contributed by atoms with Crippen LogP contribution in [0.15, 0.2) is 35.2 Å². The lowest BCUT2D eigenvalue weighted by Gasteiger charge is -2.40. The molecule has 3 heterocycles. The van der Waals surface area contributed by atoms with E-state index in [2.05, 4.69) is 28.1 Å². The van der Waals surface area contributed by atoms with Crippen LogP contribution >= 0.6 is 11.3 Å². The Bertz CT molecular complexity index is 764. The van der Waals surface area contributed by atoms with Crippen molar-refractivity contribution in [1.82, 2.24) is 14.8 Å². The number of nitrogens with zero attached hydrogens (tertiary/aromatic N) is 3. The van der Waals surface area contributed by atoms with Gasteiger partial charge in [0.15, 0.2) is 0 Å². The highest BCUT2D eigenvalue weighted by atomic mass is 32.1. The number of hydrogen-bond acceptors (Lipinski definition) is 5. The van der Waals surface area contributed by atoms with Crippen LogP contribution in [0.4, 0.5) is 0 Å². The van der Waals surface area contributed by atoms with Gasteiger partial charge in [0.2, 0.25) is 0 Å². The summed E-state index contributed by atoms with van der Waals surface area (Å²) in [6.45, 7) is 4.84. The Kier molecular flexibility index (Phi) is 4.96. The monoisotopic (exact) mass is 371 g/mol. The topological polar surface area (TPSA) is 45.7 Å². The Morgan fingerprint density at radius 2 is 2.23 bits per heavy atom. The molecule has 6 heteroatoms. The number of amides is 1. The van der Waals surface area contributed by atoms with Gasteiger partial charge in [-0.1, -0.05) is 12.1 Å². The summed E-state index contributed by atoms with van der Waals surface area (Å²) in [7, 11) is 1.71. The third-order valence-electron chi connectivity index (χ3n) is 5.66. The van der Waals surface area contributed by atoms with E-state index in [9.17, 15) is 4.79 Å². The third kappa shape index (κ3) is 3.62. The molecule has 26 heavy (non-hydrogen) atoms. The van der Waals surface area contributed by atoms with E-state index in [4.69, 9.17) is 4.74 Å². The van der Waals surface area contributed by atoms with E-state index >= 15 is 0 Å². The molecule has 2 saturated heterocycles. The molecule has 2 aliphatic heterocycles. The van der Waals surface area contributed by atoms with Crippen molar-refractivity contribution in [2.75, 3.05) is 33.3 Å². The van der Waals surface area contributed by atoms with Gasteiger partial charge in [-0.05, 0) is 43.5 Å². The van der Waals surface area contributed by atoms with Gasteiger partial charge in [-0.3, -0.25) is 9.69 Å². The van der Waals surface area contributed by atoms with Crippen molar-refractivity contribution in [2.24, 2.45) is 5.41 Å². The Morgan fingerprint density at radius 3 is 3.04 bits per heavy atom. The van der Waals surface area contributed by atoms with Gasteiger partial charge in [0.1, 0.15) is 11.4 Å². The number of benzene rings is 1. The molecule has 0 unspecified atom stereocenters. The number of aromatic nitrogens is 1. The Morgan fingerprint density at radius 1 is 1.31 bits per heavy atom. The van der Waals surface area contributed by atoms with E-state index in [1.165, 1.54) is 29.7 Å². The molecule has 0 aliphatic carbocycles. The van der Waals surface area contributed by atoms with E-state index in [-0.39, 0.29) is 11.3 Å². The molecule has 0 saturated carbocycles. The smallest absolute Gasteiger partial charge is 0.273 e. The number of likely N-dealkylation sites (tertiary alicyclic amines) is 2. The Balaban J connectivity index is 1.41. The molecule has 1 spiro atoms. The molecular weight excluding hydrogens is 346 g/mol. The first-order valence-corrected chi connectivity index (χ1v) is 10.1. The lowest BCUT2D eigenvalue weighted by molar-refractivity contribution is 0.0671. The highest BCUT2D eigenvalue weighted by Crippen LogP contribution is 2.39. The zero-order valence-corrected chi connectivity index (χ0v) is 16.0. The zero-order valence-electron chi connectivity index (χ0n) is 15.2. The highest BCUT2D eigenvalue weighted by Gasteiger charge is 2.43. The Labute approximate surface area is 158 Å². The minimum atomic E-state index is 0.0908. The van der Waals surface area contributed by atoms with Crippen molar-refractivity contribution in [1.29, 1.82) is 0 Å². The first-order chi connectivity index (χ1) is 12.7.